The van der Waals surface area contributed by atoms with Gasteiger partial charge in [0.25, 0.3) is 5.91 Å². The van der Waals surface area contributed by atoms with Crippen LogP contribution in [0.5, 0.6) is 5.75 Å². The molecule has 0 unspecified atom stereocenters. The number of ether oxygens (including phenoxy) is 1. The number of rotatable bonds is 5. The Labute approximate surface area is 178 Å². The number of fused-ring (bicyclic) bond motifs is 1. The van der Waals surface area contributed by atoms with Crippen LogP contribution in [0.1, 0.15) is 23.0 Å². The first-order chi connectivity index (χ1) is 15.2. The van der Waals surface area contributed by atoms with Gasteiger partial charge in [-0.25, -0.2) is 19.3 Å². The minimum Gasteiger partial charge on any atom is -0.494 e. The highest BCUT2D eigenvalue weighted by Crippen LogP contribution is 2.31. The molecule has 0 spiro atoms. The van der Waals surface area contributed by atoms with Gasteiger partial charge >= 0.3 is 11.9 Å². The normalized spacial score (nSPS) is 11.6. The number of benzene rings is 2. The summed E-state index contributed by atoms with van der Waals surface area (Å²) in [5.74, 6) is -0.383. The predicted octanol–water partition coefficient (Wildman–Crippen LogP) is 3.29. The fourth-order valence-corrected chi connectivity index (χ4v) is 3.20. The van der Waals surface area contributed by atoms with Gasteiger partial charge in [-0.15, -0.1) is 0 Å². The van der Waals surface area contributed by atoms with Crippen LogP contribution in [0, 0.1) is 0 Å². The fourth-order valence-electron chi connectivity index (χ4n) is 3.20. The maximum Gasteiger partial charge on any atom is 0.416 e. The summed E-state index contributed by atoms with van der Waals surface area (Å²) in [6.45, 7) is 2.31. The number of alkyl halides is 3. The van der Waals surface area contributed by atoms with Crippen LogP contribution in [0.25, 0.3) is 28.2 Å². The van der Waals surface area contributed by atoms with E-state index in [0.717, 1.165) is 12.1 Å². The zero-order valence-corrected chi connectivity index (χ0v) is 16.6. The van der Waals surface area contributed by atoms with E-state index in [1.165, 1.54) is 16.7 Å². The number of nitrogens with two attached hydrogens (primary N) is 1. The molecule has 4 aromatic rings. The average molecular weight is 443 g/mol. The Balaban J connectivity index is 1.90. The van der Waals surface area contributed by atoms with Crippen molar-refractivity contribution in [2.24, 2.45) is 5.73 Å². The first-order valence-electron chi connectivity index (χ1n) is 9.42. The number of imidazole rings is 1. The number of nitrogens with zero attached hydrogens (tertiary/aromatic N) is 3. The van der Waals surface area contributed by atoms with Gasteiger partial charge in [0, 0.05) is 5.56 Å². The van der Waals surface area contributed by atoms with E-state index in [4.69, 9.17) is 10.5 Å². The Hall–Kier alpha value is -4.15. The molecule has 1 amide bonds. The van der Waals surface area contributed by atoms with Gasteiger partial charge in [0.2, 0.25) is 0 Å². The second-order valence-corrected chi connectivity index (χ2v) is 6.73. The number of primary amides is 1. The van der Waals surface area contributed by atoms with Gasteiger partial charge in [0.1, 0.15) is 11.3 Å². The Kier molecular flexibility index (Phi) is 5.17. The molecule has 0 aliphatic rings. The number of hydrogen-bond donors (Lipinski definition) is 2. The Morgan fingerprint density at radius 1 is 1.09 bits per heavy atom. The molecule has 2 aromatic heterocycles. The van der Waals surface area contributed by atoms with Crippen molar-refractivity contribution in [3.05, 3.63) is 70.3 Å². The summed E-state index contributed by atoms with van der Waals surface area (Å²) in [4.78, 5) is 35.6. The monoisotopic (exact) mass is 443 g/mol. The third kappa shape index (κ3) is 3.80. The van der Waals surface area contributed by atoms with Crippen molar-refractivity contribution in [3.63, 3.8) is 0 Å². The van der Waals surface area contributed by atoms with E-state index in [9.17, 15) is 22.8 Å². The summed E-state index contributed by atoms with van der Waals surface area (Å²) in [6.07, 6.45) is -4.50. The van der Waals surface area contributed by atoms with Gasteiger partial charge in [-0.3, -0.25) is 4.79 Å². The molecule has 164 valence electrons. The van der Waals surface area contributed by atoms with Gasteiger partial charge in [0.15, 0.2) is 17.2 Å². The molecule has 2 heterocycles. The van der Waals surface area contributed by atoms with Crippen LogP contribution in [0.15, 0.2) is 53.3 Å². The van der Waals surface area contributed by atoms with Crippen molar-refractivity contribution in [1.82, 2.24) is 19.5 Å². The smallest absolute Gasteiger partial charge is 0.416 e. The molecule has 0 fully saturated rings. The maximum atomic E-state index is 12.9. The second-order valence-electron chi connectivity index (χ2n) is 6.73. The number of amides is 1. The van der Waals surface area contributed by atoms with Gasteiger partial charge in [-0.1, -0.05) is 12.1 Å². The van der Waals surface area contributed by atoms with E-state index in [1.807, 2.05) is 6.92 Å². The molecule has 11 heteroatoms. The number of aromatic nitrogens is 4. The molecule has 4 rings (SSSR count). The molecule has 0 saturated heterocycles. The Bertz CT molecular complexity index is 1360. The highest BCUT2D eigenvalue weighted by atomic mass is 19.4. The number of aromatic amines is 1. The topological polar surface area (TPSA) is 116 Å². The van der Waals surface area contributed by atoms with E-state index in [-0.39, 0.29) is 28.2 Å². The van der Waals surface area contributed by atoms with E-state index in [1.54, 1.807) is 24.3 Å². The van der Waals surface area contributed by atoms with Crippen LogP contribution < -0.4 is 16.2 Å². The lowest BCUT2D eigenvalue weighted by molar-refractivity contribution is -0.137. The van der Waals surface area contributed by atoms with Crippen LogP contribution in [0.4, 0.5) is 13.2 Å². The molecular formula is C21H16F3N5O3. The predicted molar refractivity (Wildman–Crippen MR) is 110 cm³/mol. The van der Waals surface area contributed by atoms with Crippen molar-refractivity contribution in [2.45, 2.75) is 13.1 Å². The molecular weight excluding hydrogens is 427 g/mol. The molecule has 8 nitrogen and oxygen atoms in total. The fraction of sp³-hybridized carbons (Fsp3) is 0.143. The lowest BCUT2D eigenvalue weighted by atomic mass is 10.1. The third-order valence-corrected chi connectivity index (χ3v) is 4.65. The summed E-state index contributed by atoms with van der Waals surface area (Å²) in [5.41, 5.74) is 4.46. The summed E-state index contributed by atoms with van der Waals surface area (Å²) in [5, 5.41) is 0. The SMILES string of the molecule is CCOc1ccc(-n2c(=O)[nH]c3c(C(N)=O)nc(-c4ccc(C(F)(F)F)cc4)nc32)cc1. The van der Waals surface area contributed by atoms with Crippen LogP contribution >= 0.6 is 0 Å². The van der Waals surface area contributed by atoms with Gasteiger partial charge < -0.3 is 15.5 Å². The number of carbonyl (C=O) groups excluding carboxylic acids is 1. The van der Waals surface area contributed by atoms with Crippen LogP contribution in [-0.4, -0.2) is 32.0 Å². The molecule has 0 radical (unpaired) electrons. The third-order valence-electron chi connectivity index (χ3n) is 4.65. The van der Waals surface area contributed by atoms with Gasteiger partial charge in [-0.05, 0) is 43.3 Å². The number of hydrogen-bond acceptors (Lipinski definition) is 5. The molecule has 0 aliphatic carbocycles. The van der Waals surface area contributed by atoms with E-state index in [2.05, 4.69) is 15.0 Å². The molecule has 0 saturated carbocycles. The number of carbonyl (C=O) groups is 1. The quantitative estimate of drug-likeness (QED) is 0.491. The number of halogens is 3. The van der Waals surface area contributed by atoms with Crippen molar-refractivity contribution >= 4 is 17.1 Å². The van der Waals surface area contributed by atoms with Crippen molar-refractivity contribution in [3.8, 4) is 22.8 Å². The number of nitrogens with one attached hydrogen (secondary N) is 1. The average Bonchev–Trinajstić information content (AvgIpc) is 3.09. The summed E-state index contributed by atoms with van der Waals surface area (Å²) in [6, 6.07) is 10.7. The van der Waals surface area contributed by atoms with Crippen LogP contribution in [0.3, 0.4) is 0 Å². The highest BCUT2D eigenvalue weighted by Gasteiger charge is 2.30. The van der Waals surface area contributed by atoms with Crippen molar-refractivity contribution in [1.29, 1.82) is 0 Å². The number of H-pyrrole nitrogens is 1. The zero-order valence-electron chi connectivity index (χ0n) is 16.6. The summed E-state index contributed by atoms with van der Waals surface area (Å²) in [7, 11) is 0. The summed E-state index contributed by atoms with van der Waals surface area (Å²) >= 11 is 0. The standard InChI is InChI=1S/C21H16F3N5O3/c1-2-32-14-9-7-13(8-10-14)29-19-16(27-20(29)31)15(17(25)30)26-18(28-19)11-3-5-12(6-4-11)21(22,23)24/h3-10H,2H2,1H3,(H2,25,30)(H,27,31). The molecule has 0 bridgehead atoms. The minimum absolute atomic E-state index is 0.0204. The first-order valence-corrected chi connectivity index (χ1v) is 9.42. The molecule has 32 heavy (non-hydrogen) atoms. The van der Waals surface area contributed by atoms with Crippen molar-refractivity contribution in [2.75, 3.05) is 6.61 Å². The molecule has 0 atom stereocenters. The molecule has 3 N–H and O–H groups in total. The van der Waals surface area contributed by atoms with Gasteiger partial charge in [0.05, 0.1) is 17.9 Å². The maximum absolute atomic E-state index is 12.9. The van der Waals surface area contributed by atoms with Gasteiger partial charge in [-0.2, -0.15) is 13.2 Å². The molecule has 2 aromatic carbocycles. The largest absolute Gasteiger partial charge is 0.494 e. The lowest BCUT2D eigenvalue weighted by Gasteiger charge is -2.09. The first kappa shape index (κ1) is 21.1. The molecule has 0 aliphatic heterocycles. The van der Waals surface area contributed by atoms with Crippen molar-refractivity contribution < 1.29 is 22.7 Å². The lowest BCUT2D eigenvalue weighted by Crippen LogP contribution is -2.15. The minimum atomic E-state index is -4.50. The Morgan fingerprint density at radius 3 is 2.31 bits per heavy atom. The van der Waals surface area contributed by atoms with E-state index >= 15 is 0 Å². The van der Waals surface area contributed by atoms with E-state index < -0.39 is 23.3 Å². The van der Waals surface area contributed by atoms with Crippen LogP contribution in [-0.2, 0) is 6.18 Å². The zero-order chi connectivity index (χ0) is 23.0. The van der Waals surface area contributed by atoms with Crippen LogP contribution in [0.2, 0.25) is 0 Å². The van der Waals surface area contributed by atoms with E-state index in [0.29, 0.717) is 18.0 Å². The summed E-state index contributed by atoms with van der Waals surface area (Å²) < 4.78 is 45.2. The highest BCUT2D eigenvalue weighted by molar-refractivity contribution is 6.02. The Morgan fingerprint density at radius 2 is 1.75 bits per heavy atom. The second kappa shape index (κ2) is 7.84.